The molecule has 6 heteroatoms. The molecule has 0 saturated heterocycles. The van der Waals surface area contributed by atoms with Crippen LogP contribution in [0, 0.1) is 0 Å². The van der Waals surface area contributed by atoms with E-state index in [9.17, 15) is 0 Å². The standard InChI is InChI=1S/3C4H11N.BrH.ClH.FH/c3*1-2-3-4-5;;;/h3*2-5H2,1H3;3*1H. The second-order valence-electron chi connectivity index (χ2n) is 3.43. The maximum atomic E-state index is 5.14. The van der Waals surface area contributed by atoms with Gasteiger partial charge < -0.3 is 17.2 Å². The van der Waals surface area contributed by atoms with Gasteiger partial charge in [0.15, 0.2) is 0 Å². The van der Waals surface area contributed by atoms with E-state index in [1.807, 2.05) is 0 Å². The summed E-state index contributed by atoms with van der Waals surface area (Å²) in [5.74, 6) is 0. The molecule has 0 aliphatic carbocycles. The van der Waals surface area contributed by atoms with E-state index in [-0.39, 0.29) is 34.1 Å². The summed E-state index contributed by atoms with van der Waals surface area (Å²) >= 11 is 0. The number of hydrogen-bond donors (Lipinski definition) is 3. The van der Waals surface area contributed by atoms with Gasteiger partial charge in [0.2, 0.25) is 0 Å². The lowest BCUT2D eigenvalue weighted by atomic mass is 10.3. The first-order valence-electron chi connectivity index (χ1n) is 6.35. The molecule has 0 spiro atoms. The molecule has 0 radical (unpaired) electrons. The first-order chi connectivity index (χ1) is 7.24. The van der Waals surface area contributed by atoms with Gasteiger partial charge in [-0.3, -0.25) is 4.70 Å². The quantitative estimate of drug-likeness (QED) is 0.682. The first kappa shape index (κ1) is 36.3. The molecular weight excluding hydrogens is 321 g/mol. The van der Waals surface area contributed by atoms with E-state index >= 15 is 0 Å². The summed E-state index contributed by atoms with van der Waals surface area (Å²) in [6.07, 6.45) is 7.16. The zero-order valence-corrected chi connectivity index (χ0v) is 14.9. The van der Waals surface area contributed by atoms with Gasteiger partial charge >= 0.3 is 0 Å². The van der Waals surface area contributed by atoms with Crippen molar-refractivity contribution in [1.29, 1.82) is 0 Å². The van der Waals surface area contributed by atoms with Crippen molar-refractivity contribution >= 4 is 29.4 Å². The molecule has 18 heavy (non-hydrogen) atoms. The maximum Gasteiger partial charge on any atom is -0.00774 e. The Morgan fingerprint density at radius 2 is 0.778 bits per heavy atom. The Morgan fingerprint density at radius 1 is 0.611 bits per heavy atom. The van der Waals surface area contributed by atoms with E-state index < -0.39 is 0 Å². The van der Waals surface area contributed by atoms with Crippen LogP contribution in [-0.2, 0) is 0 Å². The van der Waals surface area contributed by atoms with Crippen LogP contribution in [0.15, 0.2) is 0 Å². The van der Waals surface area contributed by atoms with Crippen LogP contribution in [0.2, 0.25) is 0 Å². The molecule has 0 aliphatic heterocycles. The summed E-state index contributed by atoms with van der Waals surface area (Å²) in [5, 5.41) is 0. The predicted molar refractivity (Wildman–Crippen MR) is 92.0 cm³/mol. The van der Waals surface area contributed by atoms with Crippen molar-refractivity contribution in [3.8, 4) is 0 Å². The highest BCUT2D eigenvalue weighted by atomic mass is 79.9. The summed E-state index contributed by atoms with van der Waals surface area (Å²) in [6, 6.07) is 0. The molecular formula is C12H36BrClFN3. The number of unbranched alkanes of at least 4 members (excludes halogenated alkanes) is 3. The van der Waals surface area contributed by atoms with E-state index in [4.69, 9.17) is 17.2 Å². The van der Waals surface area contributed by atoms with Gasteiger partial charge in [-0.25, -0.2) is 0 Å². The summed E-state index contributed by atoms with van der Waals surface area (Å²) in [4.78, 5) is 0. The van der Waals surface area contributed by atoms with Gasteiger partial charge in [-0.1, -0.05) is 40.0 Å². The van der Waals surface area contributed by atoms with Crippen LogP contribution in [0.3, 0.4) is 0 Å². The lowest BCUT2D eigenvalue weighted by Crippen LogP contribution is -1.95. The molecule has 0 bridgehead atoms. The molecule has 0 unspecified atom stereocenters. The molecule has 0 fully saturated rings. The fourth-order valence-electron chi connectivity index (χ4n) is 0.612. The van der Waals surface area contributed by atoms with Crippen LogP contribution in [0.4, 0.5) is 4.70 Å². The van der Waals surface area contributed by atoms with Gasteiger partial charge in [0, 0.05) is 0 Å². The second kappa shape index (κ2) is 52.7. The van der Waals surface area contributed by atoms with Crippen LogP contribution in [0.5, 0.6) is 0 Å². The molecule has 0 aromatic heterocycles. The highest BCUT2D eigenvalue weighted by Gasteiger charge is 1.68. The van der Waals surface area contributed by atoms with E-state index in [1.165, 1.54) is 38.5 Å². The molecule has 0 heterocycles. The van der Waals surface area contributed by atoms with Crippen LogP contribution < -0.4 is 17.2 Å². The Morgan fingerprint density at radius 3 is 0.778 bits per heavy atom. The Balaban J connectivity index is -0.0000000277. The number of halogens is 3. The minimum atomic E-state index is 0. The molecule has 0 aromatic rings. The largest absolute Gasteiger partial charge is 0.330 e. The lowest BCUT2D eigenvalue weighted by molar-refractivity contribution is 0.807. The zero-order valence-electron chi connectivity index (χ0n) is 12.3. The van der Waals surface area contributed by atoms with Crippen LogP contribution in [0.25, 0.3) is 0 Å². The maximum absolute atomic E-state index is 5.14. The minimum absolute atomic E-state index is 0. The van der Waals surface area contributed by atoms with Crippen molar-refractivity contribution in [2.24, 2.45) is 17.2 Å². The normalized spacial score (nSPS) is 7.00. The summed E-state index contributed by atoms with van der Waals surface area (Å²) in [7, 11) is 0. The van der Waals surface area contributed by atoms with Crippen molar-refractivity contribution in [1.82, 2.24) is 0 Å². The van der Waals surface area contributed by atoms with Crippen LogP contribution in [-0.4, -0.2) is 19.6 Å². The molecule has 0 aromatic carbocycles. The Bertz CT molecular complexity index is 64.1. The van der Waals surface area contributed by atoms with Gasteiger partial charge in [-0.15, -0.1) is 29.4 Å². The third-order valence-corrected chi connectivity index (χ3v) is 1.67. The lowest BCUT2D eigenvalue weighted by Gasteiger charge is -1.80. The number of nitrogens with two attached hydrogens (primary N) is 3. The van der Waals surface area contributed by atoms with Crippen molar-refractivity contribution < 1.29 is 4.70 Å². The average Bonchev–Trinajstić information content (AvgIpc) is 2.23. The summed E-state index contributed by atoms with van der Waals surface area (Å²) < 4.78 is 0. The minimum Gasteiger partial charge on any atom is -0.330 e. The molecule has 0 saturated carbocycles. The zero-order chi connectivity index (χ0) is 12.4. The SMILES string of the molecule is Br.CCCCN.CCCCN.CCCCN.Cl.F. The summed E-state index contributed by atoms with van der Waals surface area (Å²) in [6.45, 7) is 8.93. The fraction of sp³-hybridized carbons (Fsp3) is 1.00. The molecule has 6 N–H and O–H groups in total. The van der Waals surface area contributed by atoms with Crippen LogP contribution >= 0.6 is 29.4 Å². The van der Waals surface area contributed by atoms with E-state index in [0.29, 0.717) is 0 Å². The highest BCUT2D eigenvalue weighted by Crippen LogP contribution is 1.77. The predicted octanol–water partition coefficient (Wildman–Crippen LogP) is 3.39. The molecule has 0 amide bonds. The molecule has 3 nitrogen and oxygen atoms in total. The molecule has 0 aliphatic rings. The Labute approximate surface area is 130 Å². The van der Waals surface area contributed by atoms with Crippen molar-refractivity contribution in [2.45, 2.75) is 59.3 Å². The van der Waals surface area contributed by atoms with Gasteiger partial charge in [0.05, 0.1) is 0 Å². The number of rotatable bonds is 6. The van der Waals surface area contributed by atoms with Gasteiger partial charge in [0.1, 0.15) is 0 Å². The van der Waals surface area contributed by atoms with Gasteiger partial charge in [-0.05, 0) is 38.9 Å². The summed E-state index contributed by atoms with van der Waals surface area (Å²) in [5.41, 5.74) is 15.4. The van der Waals surface area contributed by atoms with Crippen molar-refractivity contribution in [3.05, 3.63) is 0 Å². The smallest absolute Gasteiger partial charge is 0.00774 e. The van der Waals surface area contributed by atoms with E-state index in [0.717, 1.165) is 19.6 Å². The van der Waals surface area contributed by atoms with E-state index in [1.54, 1.807) is 0 Å². The first-order valence-corrected chi connectivity index (χ1v) is 6.35. The molecule has 0 atom stereocenters. The molecule has 120 valence electrons. The second-order valence-corrected chi connectivity index (χ2v) is 3.43. The van der Waals surface area contributed by atoms with Crippen molar-refractivity contribution in [2.75, 3.05) is 19.6 Å². The fourth-order valence-corrected chi connectivity index (χ4v) is 0.612. The third-order valence-electron chi connectivity index (χ3n) is 1.67. The van der Waals surface area contributed by atoms with Crippen LogP contribution in [0.1, 0.15) is 59.3 Å². The van der Waals surface area contributed by atoms with E-state index in [2.05, 4.69) is 20.8 Å². The average molecular weight is 357 g/mol. The Hall–Kier alpha value is 0.580. The van der Waals surface area contributed by atoms with Gasteiger partial charge in [-0.2, -0.15) is 0 Å². The topological polar surface area (TPSA) is 78.1 Å². The highest BCUT2D eigenvalue weighted by molar-refractivity contribution is 8.93. The monoisotopic (exact) mass is 355 g/mol. The Kier molecular flexibility index (Phi) is 106. The molecule has 0 rings (SSSR count). The number of hydrogen-bond acceptors (Lipinski definition) is 3. The van der Waals surface area contributed by atoms with Gasteiger partial charge in [0.25, 0.3) is 0 Å². The third kappa shape index (κ3) is 93.0. The van der Waals surface area contributed by atoms with Crippen molar-refractivity contribution in [3.63, 3.8) is 0 Å².